The lowest BCUT2D eigenvalue weighted by molar-refractivity contribution is -0.122. The van der Waals surface area contributed by atoms with Crippen LogP contribution in [-0.4, -0.2) is 19.7 Å². The van der Waals surface area contributed by atoms with Crippen molar-refractivity contribution in [2.75, 3.05) is 0 Å². The highest BCUT2D eigenvalue weighted by Crippen LogP contribution is 2.49. The number of Topliss-reactive ketones (excluding diaryl/α,β-unsaturated/α-hetero) is 1. The fourth-order valence-electron chi connectivity index (χ4n) is 3.41. The van der Waals surface area contributed by atoms with Crippen molar-refractivity contribution >= 4 is 15.9 Å². The van der Waals surface area contributed by atoms with E-state index in [-0.39, 0.29) is 5.78 Å². The zero-order valence-electron chi connectivity index (χ0n) is 11.4. The molecule has 8 heteroatoms. The highest BCUT2D eigenvalue weighted by atomic mass is 32.2. The quantitative estimate of drug-likeness (QED) is 0.616. The Kier molecular flexibility index (Phi) is 3.28. The number of hydrogen-bond acceptors (Lipinski definition) is 4. The van der Waals surface area contributed by atoms with Crippen LogP contribution in [0.15, 0.2) is 18.2 Å². The summed E-state index contributed by atoms with van der Waals surface area (Å²) >= 11 is 0. The third kappa shape index (κ3) is 2.20. The average molecular weight is 334 g/mol. The topological polar surface area (TPSA) is 60.4 Å². The molecule has 120 valence electrons. The van der Waals surface area contributed by atoms with Gasteiger partial charge in [0.15, 0.2) is 0 Å². The number of alkyl halides is 3. The van der Waals surface area contributed by atoms with E-state index < -0.39 is 26.8 Å². The highest BCUT2D eigenvalue weighted by Gasteiger charge is 2.50. The first-order chi connectivity index (χ1) is 10.2. The van der Waals surface area contributed by atoms with Crippen molar-refractivity contribution in [3.8, 4) is 5.75 Å². The lowest BCUT2D eigenvalue weighted by atomic mass is 9.79. The number of halogens is 3. The normalized spacial score (nSPS) is 24.8. The highest BCUT2D eigenvalue weighted by molar-refractivity contribution is 7.88. The van der Waals surface area contributed by atoms with Gasteiger partial charge in [-0.15, -0.1) is 0 Å². The van der Waals surface area contributed by atoms with Gasteiger partial charge in [0.1, 0.15) is 11.5 Å². The van der Waals surface area contributed by atoms with Crippen LogP contribution in [0.4, 0.5) is 13.2 Å². The monoisotopic (exact) mass is 334 g/mol. The molecule has 0 aliphatic heterocycles. The molecule has 1 aromatic rings. The molecule has 1 unspecified atom stereocenters. The molecule has 0 amide bonds. The van der Waals surface area contributed by atoms with Crippen LogP contribution in [0.1, 0.15) is 36.8 Å². The van der Waals surface area contributed by atoms with Crippen LogP contribution in [0.3, 0.4) is 0 Å². The second kappa shape index (κ2) is 4.71. The maximum atomic E-state index is 12.4. The van der Waals surface area contributed by atoms with Gasteiger partial charge in [-0.2, -0.15) is 21.6 Å². The SMILES string of the molecule is O=C1CCCC12CCc1ccc(OS(=O)(=O)C(F)(F)F)cc12. The fraction of sp³-hybridized carbons (Fsp3) is 0.500. The van der Waals surface area contributed by atoms with E-state index in [4.69, 9.17) is 0 Å². The van der Waals surface area contributed by atoms with Crippen molar-refractivity contribution in [1.29, 1.82) is 0 Å². The Labute approximate surface area is 125 Å². The van der Waals surface area contributed by atoms with Crippen molar-refractivity contribution in [1.82, 2.24) is 0 Å². The maximum absolute atomic E-state index is 12.4. The molecule has 0 heterocycles. The molecule has 2 aliphatic rings. The molecule has 1 atom stereocenters. The molecule has 0 aromatic heterocycles. The first-order valence-electron chi connectivity index (χ1n) is 6.83. The van der Waals surface area contributed by atoms with Crippen molar-refractivity contribution in [2.24, 2.45) is 0 Å². The van der Waals surface area contributed by atoms with E-state index >= 15 is 0 Å². The summed E-state index contributed by atoms with van der Waals surface area (Å²) in [5.74, 6) is -0.334. The van der Waals surface area contributed by atoms with E-state index in [9.17, 15) is 26.4 Å². The molecule has 2 aliphatic carbocycles. The van der Waals surface area contributed by atoms with Gasteiger partial charge in [0, 0.05) is 6.42 Å². The molecule has 4 nitrogen and oxygen atoms in total. The van der Waals surface area contributed by atoms with Gasteiger partial charge in [-0.3, -0.25) is 4.79 Å². The van der Waals surface area contributed by atoms with Crippen LogP contribution in [0.2, 0.25) is 0 Å². The number of benzene rings is 1. The summed E-state index contributed by atoms with van der Waals surface area (Å²) in [6.07, 6.45) is 3.12. The molecular formula is C14H13F3O4S. The molecule has 1 aromatic carbocycles. The van der Waals surface area contributed by atoms with Gasteiger partial charge in [-0.25, -0.2) is 0 Å². The molecule has 1 spiro atoms. The largest absolute Gasteiger partial charge is 0.534 e. The van der Waals surface area contributed by atoms with Crippen molar-refractivity contribution in [3.63, 3.8) is 0 Å². The Balaban J connectivity index is 1.99. The van der Waals surface area contributed by atoms with Gasteiger partial charge in [0.05, 0.1) is 5.41 Å². The Morgan fingerprint density at radius 2 is 1.86 bits per heavy atom. The molecule has 1 saturated carbocycles. The Bertz CT molecular complexity index is 739. The summed E-state index contributed by atoms with van der Waals surface area (Å²) in [7, 11) is -5.70. The Morgan fingerprint density at radius 1 is 1.14 bits per heavy atom. The summed E-state index contributed by atoms with van der Waals surface area (Å²) in [6, 6.07) is 4.01. The van der Waals surface area contributed by atoms with E-state index in [1.807, 2.05) is 0 Å². The predicted molar refractivity (Wildman–Crippen MR) is 70.9 cm³/mol. The second-order valence-corrected chi connectivity index (χ2v) is 7.20. The van der Waals surface area contributed by atoms with Gasteiger partial charge in [0.2, 0.25) is 0 Å². The molecule has 3 rings (SSSR count). The molecule has 0 radical (unpaired) electrons. The minimum absolute atomic E-state index is 0.0714. The number of carbonyl (C=O) groups excluding carboxylic acids is 1. The molecule has 0 bridgehead atoms. The third-order valence-electron chi connectivity index (χ3n) is 4.45. The zero-order valence-corrected chi connectivity index (χ0v) is 12.3. The minimum Gasteiger partial charge on any atom is -0.376 e. The smallest absolute Gasteiger partial charge is 0.376 e. The molecular weight excluding hydrogens is 321 g/mol. The number of aryl methyl sites for hydroxylation is 1. The van der Waals surface area contributed by atoms with Gasteiger partial charge in [0.25, 0.3) is 0 Å². The summed E-state index contributed by atoms with van der Waals surface area (Å²) in [5, 5.41) is 0. The first-order valence-corrected chi connectivity index (χ1v) is 8.24. The standard InChI is InChI=1S/C14H13F3O4S/c15-14(16,17)22(19,20)21-10-4-3-9-5-7-13(11(9)8-10)6-1-2-12(13)18/h3-4,8H,1-2,5-7H2. The first kappa shape index (κ1) is 15.3. The Morgan fingerprint density at radius 3 is 2.45 bits per heavy atom. The number of hydrogen-bond donors (Lipinski definition) is 0. The zero-order chi connectivity index (χ0) is 16.2. The van der Waals surface area contributed by atoms with Gasteiger partial charge >= 0.3 is 15.6 Å². The van der Waals surface area contributed by atoms with Crippen molar-refractivity contribution in [3.05, 3.63) is 29.3 Å². The second-order valence-electron chi connectivity index (χ2n) is 5.66. The molecule has 0 saturated heterocycles. The van der Waals surface area contributed by atoms with Gasteiger partial charge < -0.3 is 4.18 Å². The van der Waals surface area contributed by atoms with E-state index in [0.717, 1.165) is 12.0 Å². The fourth-order valence-corrected chi connectivity index (χ4v) is 3.86. The van der Waals surface area contributed by atoms with Crippen LogP contribution in [0, 0.1) is 0 Å². The maximum Gasteiger partial charge on any atom is 0.534 e. The van der Waals surface area contributed by atoms with Crippen molar-refractivity contribution < 1.29 is 30.6 Å². The van der Waals surface area contributed by atoms with Gasteiger partial charge in [-0.05, 0) is 48.9 Å². The van der Waals surface area contributed by atoms with Gasteiger partial charge in [-0.1, -0.05) is 6.07 Å². The van der Waals surface area contributed by atoms with E-state index in [0.29, 0.717) is 31.2 Å². The number of fused-ring (bicyclic) bond motifs is 2. The van der Waals surface area contributed by atoms with E-state index in [1.165, 1.54) is 18.2 Å². The number of ketones is 1. The number of rotatable bonds is 2. The summed E-state index contributed by atoms with van der Waals surface area (Å²) in [6.45, 7) is 0. The van der Waals surface area contributed by atoms with Crippen LogP contribution in [0.5, 0.6) is 5.75 Å². The van der Waals surface area contributed by atoms with Crippen LogP contribution >= 0.6 is 0 Å². The molecule has 22 heavy (non-hydrogen) atoms. The predicted octanol–water partition coefficient (Wildman–Crippen LogP) is 2.85. The summed E-state index contributed by atoms with van der Waals surface area (Å²) in [5.41, 5.74) is -4.67. The minimum atomic E-state index is -5.70. The van der Waals surface area contributed by atoms with Crippen molar-refractivity contribution in [2.45, 2.75) is 43.0 Å². The number of carbonyl (C=O) groups is 1. The third-order valence-corrected chi connectivity index (χ3v) is 5.43. The van der Waals surface area contributed by atoms with Crippen LogP contribution < -0.4 is 4.18 Å². The lowest BCUT2D eigenvalue weighted by Gasteiger charge is -2.23. The molecule has 0 N–H and O–H groups in total. The summed E-state index contributed by atoms with van der Waals surface area (Å²) < 4.78 is 63.5. The Hall–Kier alpha value is -1.57. The molecule has 1 fully saturated rings. The van der Waals surface area contributed by atoms with E-state index in [1.54, 1.807) is 0 Å². The lowest BCUT2D eigenvalue weighted by Crippen LogP contribution is -2.29. The van der Waals surface area contributed by atoms with Crippen LogP contribution in [-0.2, 0) is 26.7 Å². The summed E-state index contributed by atoms with van der Waals surface area (Å²) in [4.78, 5) is 12.2. The van der Waals surface area contributed by atoms with E-state index in [2.05, 4.69) is 4.18 Å². The van der Waals surface area contributed by atoms with Crippen LogP contribution in [0.25, 0.3) is 0 Å². The average Bonchev–Trinajstić information content (AvgIpc) is 2.95.